The highest BCUT2D eigenvalue weighted by atomic mass is 16.5. The number of hydrogen-bond acceptors (Lipinski definition) is 3. The quantitative estimate of drug-likeness (QED) is 0.555. The lowest BCUT2D eigenvalue weighted by atomic mass is 10.1. The zero-order chi connectivity index (χ0) is 12.5. The van der Waals surface area contributed by atoms with Gasteiger partial charge in [-0.25, -0.2) is 0 Å². The molecule has 0 heterocycles. The van der Waals surface area contributed by atoms with E-state index in [1.165, 1.54) is 0 Å². The summed E-state index contributed by atoms with van der Waals surface area (Å²) < 4.78 is 5.24. The van der Waals surface area contributed by atoms with Crippen LogP contribution in [0.15, 0.2) is 30.3 Å². The van der Waals surface area contributed by atoms with Gasteiger partial charge in [0.25, 0.3) is 0 Å². The minimum atomic E-state index is -0.140. The van der Waals surface area contributed by atoms with E-state index in [9.17, 15) is 4.79 Å². The van der Waals surface area contributed by atoms with Crippen LogP contribution in [0.5, 0.6) is 0 Å². The summed E-state index contributed by atoms with van der Waals surface area (Å²) in [6.45, 7) is 6.18. The molecular formula is C14H21NO2. The first-order valence-corrected chi connectivity index (χ1v) is 6.16. The maximum Gasteiger partial charge on any atom is 0.179 e. The number of ketones is 1. The molecule has 1 rings (SSSR count). The van der Waals surface area contributed by atoms with Crippen molar-refractivity contribution in [3.8, 4) is 0 Å². The molecule has 94 valence electrons. The highest BCUT2D eigenvalue weighted by Gasteiger charge is 2.13. The highest BCUT2D eigenvalue weighted by Crippen LogP contribution is 2.03. The molecule has 0 spiro atoms. The van der Waals surface area contributed by atoms with E-state index < -0.39 is 0 Å². The van der Waals surface area contributed by atoms with Crippen LogP contribution in [0.1, 0.15) is 30.6 Å². The van der Waals surface area contributed by atoms with Crippen LogP contribution < -0.4 is 5.32 Å². The van der Waals surface area contributed by atoms with E-state index >= 15 is 0 Å². The van der Waals surface area contributed by atoms with Crippen molar-refractivity contribution in [3.63, 3.8) is 0 Å². The molecule has 0 fully saturated rings. The van der Waals surface area contributed by atoms with Crippen molar-refractivity contribution in [2.45, 2.75) is 26.3 Å². The number of carbonyl (C=O) groups excluding carboxylic acids is 1. The average molecular weight is 235 g/mol. The summed E-state index contributed by atoms with van der Waals surface area (Å²) >= 11 is 0. The molecule has 1 unspecified atom stereocenters. The summed E-state index contributed by atoms with van der Waals surface area (Å²) in [7, 11) is 0. The maximum atomic E-state index is 12.0. The fraction of sp³-hybridized carbons (Fsp3) is 0.500. The Hall–Kier alpha value is -1.19. The lowest BCUT2D eigenvalue weighted by Gasteiger charge is -2.12. The minimum Gasteiger partial charge on any atom is -0.382 e. The number of benzene rings is 1. The largest absolute Gasteiger partial charge is 0.382 e. The van der Waals surface area contributed by atoms with Crippen LogP contribution in [0.25, 0.3) is 0 Å². The zero-order valence-corrected chi connectivity index (χ0v) is 10.6. The number of rotatable bonds is 8. The van der Waals surface area contributed by atoms with E-state index in [4.69, 9.17) is 4.74 Å². The normalized spacial score (nSPS) is 12.4. The average Bonchev–Trinajstić information content (AvgIpc) is 2.38. The van der Waals surface area contributed by atoms with E-state index in [1.54, 1.807) is 0 Å². The monoisotopic (exact) mass is 235 g/mol. The Morgan fingerprint density at radius 3 is 2.71 bits per heavy atom. The molecule has 0 radical (unpaired) electrons. The zero-order valence-electron chi connectivity index (χ0n) is 10.6. The highest BCUT2D eigenvalue weighted by molar-refractivity contribution is 5.99. The van der Waals surface area contributed by atoms with Crippen molar-refractivity contribution in [3.05, 3.63) is 35.9 Å². The molecule has 17 heavy (non-hydrogen) atoms. The van der Waals surface area contributed by atoms with Crippen LogP contribution in [0.3, 0.4) is 0 Å². The van der Waals surface area contributed by atoms with Gasteiger partial charge in [0.05, 0.1) is 6.04 Å². The van der Waals surface area contributed by atoms with Crippen molar-refractivity contribution >= 4 is 5.78 Å². The van der Waals surface area contributed by atoms with Crippen molar-refractivity contribution in [1.29, 1.82) is 0 Å². The Labute approximate surface area is 103 Å². The standard InChI is InChI=1S/C14H21NO2/c1-3-17-11-7-10-15-12(2)14(16)13-8-5-4-6-9-13/h4-6,8-9,12,15H,3,7,10-11H2,1-2H3. The van der Waals surface area contributed by atoms with Gasteiger partial charge in [0.1, 0.15) is 0 Å². The van der Waals surface area contributed by atoms with Crippen molar-refractivity contribution in [1.82, 2.24) is 5.32 Å². The van der Waals surface area contributed by atoms with Gasteiger partial charge >= 0.3 is 0 Å². The molecule has 1 aromatic rings. The molecule has 0 bridgehead atoms. The van der Waals surface area contributed by atoms with Gasteiger partial charge in [0.2, 0.25) is 0 Å². The number of ether oxygens (including phenoxy) is 1. The third kappa shape index (κ3) is 5.11. The smallest absolute Gasteiger partial charge is 0.179 e. The number of hydrogen-bond donors (Lipinski definition) is 1. The third-order valence-corrected chi connectivity index (χ3v) is 2.57. The number of Topliss-reactive ketones (excluding diaryl/α,β-unsaturated/α-hetero) is 1. The summed E-state index contributed by atoms with van der Waals surface area (Å²) in [5.41, 5.74) is 0.761. The molecular weight excluding hydrogens is 214 g/mol. The maximum absolute atomic E-state index is 12.0. The molecule has 0 aliphatic carbocycles. The first-order valence-electron chi connectivity index (χ1n) is 6.16. The summed E-state index contributed by atoms with van der Waals surface area (Å²) in [6, 6.07) is 9.24. The second kappa shape index (κ2) is 7.98. The predicted molar refractivity (Wildman–Crippen MR) is 69.3 cm³/mol. The Balaban J connectivity index is 2.28. The van der Waals surface area contributed by atoms with Crippen LogP contribution in [-0.2, 0) is 4.74 Å². The molecule has 0 saturated carbocycles. The fourth-order valence-corrected chi connectivity index (χ4v) is 1.58. The molecule has 1 N–H and O–H groups in total. The van der Waals surface area contributed by atoms with Crippen molar-refractivity contribution in [2.24, 2.45) is 0 Å². The third-order valence-electron chi connectivity index (χ3n) is 2.57. The van der Waals surface area contributed by atoms with Gasteiger partial charge in [-0.1, -0.05) is 30.3 Å². The van der Waals surface area contributed by atoms with Crippen LogP contribution in [0, 0.1) is 0 Å². The molecule has 1 atom stereocenters. The summed E-state index contributed by atoms with van der Waals surface area (Å²) in [6.07, 6.45) is 0.931. The molecule has 0 saturated heterocycles. The van der Waals surface area contributed by atoms with E-state index in [-0.39, 0.29) is 11.8 Å². The van der Waals surface area contributed by atoms with Crippen LogP contribution in [0.4, 0.5) is 0 Å². The van der Waals surface area contributed by atoms with Gasteiger partial charge in [-0.05, 0) is 26.8 Å². The van der Waals surface area contributed by atoms with Crippen LogP contribution in [-0.4, -0.2) is 31.6 Å². The first kappa shape index (κ1) is 13.9. The van der Waals surface area contributed by atoms with Crippen molar-refractivity contribution in [2.75, 3.05) is 19.8 Å². The second-order valence-electron chi connectivity index (χ2n) is 3.96. The lowest BCUT2D eigenvalue weighted by Crippen LogP contribution is -2.35. The van der Waals surface area contributed by atoms with Gasteiger partial charge in [-0.2, -0.15) is 0 Å². The Morgan fingerprint density at radius 2 is 2.06 bits per heavy atom. The van der Waals surface area contributed by atoms with E-state index in [0.717, 1.165) is 31.7 Å². The molecule has 0 aliphatic rings. The predicted octanol–water partition coefficient (Wildman–Crippen LogP) is 2.27. The Kier molecular flexibility index (Phi) is 6.51. The number of nitrogens with one attached hydrogen (secondary N) is 1. The molecule has 3 nitrogen and oxygen atoms in total. The minimum absolute atomic E-state index is 0.140. The Bertz CT molecular complexity index is 324. The SMILES string of the molecule is CCOCCCNC(C)C(=O)c1ccccc1. The topological polar surface area (TPSA) is 38.3 Å². The van der Waals surface area contributed by atoms with E-state index in [1.807, 2.05) is 44.2 Å². The van der Waals surface area contributed by atoms with Gasteiger partial charge in [-0.15, -0.1) is 0 Å². The summed E-state index contributed by atoms with van der Waals surface area (Å²) in [5.74, 6) is 0.141. The van der Waals surface area contributed by atoms with Gasteiger partial charge in [0, 0.05) is 18.8 Å². The fourth-order valence-electron chi connectivity index (χ4n) is 1.58. The Morgan fingerprint density at radius 1 is 1.35 bits per heavy atom. The van der Waals surface area contributed by atoms with Crippen LogP contribution >= 0.6 is 0 Å². The van der Waals surface area contributed by atoms with E-state index in [2.05, 4.69) is 5.32 Å². The van der Waals surface area contributed by atoms with Crippen LogP contribution in [0.2, 0.25) is 0 Å². The molecule has 3 heteroatoms. The van der Waals surface area contributed by atoms with E-state index in [0.29, 0.717) is 0 Å². The molecule has 0 aromatic heterocycles. The molecule has 1 aromatic carbocycles. The lowest BCUT2D eigenvalue weighted by molar-refractivity contribution is 0.0946. The van der Waals surface area contributed by atoms with Crippen molar-refractivity contribution < 1.29 is 9.53 Å². The second-order valence-corrected chi connectivity index (χ2v) is 3.96. The first-order chi connectivity index (χ1) is 8.25. The molecule has 0 aliphatic heterocycles. The molecule has 0 amide bonds. The summed E-state index contributed by atoms with van der Waals surface area (Å²) in [5, 5.41) is 3.21. The number of carbonyl (C=O) groups is 1. The van der Waals surface area contributed by atoms with Gasteiger partial charge in [-0.3, -0.25) is 4.79 Å². The van der Waals surface area contributed by atoms with Gasteiger partial charge in [0.15, 0.2) is 5.78 Å². The summed E-state index contributed by atoms with van der Waals surface area (Å²) in [4.78, 5) is 12.0. The van der Waals surface area contributed by atoms with Gasteiger partial charge < -0.3 is 10.1 Å².